The molecule has 0 amide bonds. The molecule has 0 spiro atoms. The maximum atomic E-state index is 5.49. The minimum atomic E-state index is 0.709. The van der Waals surface area contributed by atoms with Crippen molar-refractivity contribution in [2.75, 3.05) is 6.61 Å². The van der Waals surface area contributed by atoms with Gasteiger partial charge in [0.05, 0.1) is 6.61 Å². The summed E-state index contributed by atoms with van der Waals surface area (Å²) < 4.78 is 5.49. The molecule has 0 saturated heterocycles. The van der Waals surface area contributed by atoms with Gasteiger partial charge in [-0.2, -0.15) is 0 Å². The van der Waals surface area contributed by atoms with Gasteiger partial charge in [-0.15, -0.1) is 0 Å². The second-order valence-electron chi connectivity index (χ2n) is 11.4. The zero-order valence-electron chi connectivity index (χ0n) is 34.3. The molecule has 0 atom stereocenters. The third kappa shape index (κ3) is 26.7. The molecular weight excluding hydrogens is 569 g/mol. The molecule has 2 aromatic rings. The second-order valence-corrected chi connectivity index (χ2v) is 11.4. The molecular formula is C46H78O. The summed E-state index contributed by atoms with van der Waals surface area (Å²) in [7, 11) is 0. The molecule has 0 aromatic heterocycles. The van der Waals surface area contributed by atoms with Gasteiger partial charge in [0.25, 0.3) is 0 Å². The van der Waals surface area contributed by atoms with Gasteiger partial charge in [-0.05, 0) is 102 Å². The molecule has 0 aliphatic heterocycles. The van der Waals surface area contributed by atoms with Crippen LogP contribution < -0.4 is 4.74 Å². The summed E-state index contributed by atoms with van der Waals surface area (Å²) in [5.41, 5.74) is 11.0. The zero-order valence-corrected chi connectivity index (χ0v) is 34.3. The summed E-state index contributed by atoms with van der Waals surface area (Å²) in [6.45, 7) is 45.2. The largest absolute Gasteiger partial charge is 0.494 e. The van der Waals surface area contributed by atoms with Crippen molar-refractivity contribution in [1.82, 2.24) is 0 Å². The summed E-state index contributed by atoms with van der Waals surface area (Å²) in [4.78, 5) is 0. The molecule has 1 saturated carbocycles. The Kier molecular flexibility index (Phi) is 37.0. The van der Waals surface area contributed by atoms with Crippen molar-refractivity contribution in [2.24, 2.45) is 5.92 Å². The average Bonchev–Trinajstić information content (AvgIpc) is 3.09. The van der Waals surface area contributed by atoms with Crippen LogP contribution in [0.1, 0.15) is 158 Å². The monoisotopic (exact) mass is 647 g/mol. The van der Waals surface area contributed by atoms with Crippen LogP contribution in [0.3, 0.4) is 0 Å². The molecule has 2 aromatic carbocycles. The van der Waals surface area contributed by atoms with Crippen molar-refractivity contribution in [1.29, 1.82) is 0 Å². The van der Waals surface area contributed by atoms with E-state index in [-0.39, 0.29) is 0 Å². The van der Waals surface area contributed by atoms with Gasteiger partial charge in [-0.25, -0.2) is 0 Å². The molecule has 47 heavy (non-hydrogen) atoms. The number of ether oxygens (including phenoxy) is 1. The maximum absolute atomic E-state index is 5.49. The maximum Gasteiger partial charge on any atom is 0.122 e. The third-order valence-corrected chi connectivity index (χ3v) is 7.25. The number of hydrogen-bond acceptors (Lipinski definition) is 1. The molecule has 0 bridgehead atoms. The lowest BCUT2D eigenvalue weighted by Gasteiger charge is -2.15. The first kappa shape index (κ1) is 50.8. The fourth-order valence-electron chi connectivity index (χ4n) is 4.44. The van der Waals surface area contributed by atoms with E-state index in [9.17, 15) is 0 Å². The highest BCUT2D eigenvalue weighted by Gasteiger charge is 2.06. The van der Waals surface area contributed by atoms with Crippen molar-refractivity contribution in [3.63, 3.8) is 0 Å². The van der Waals surface area contributed by atoms with Crippen LogP contribution in [0.15, 0.2) is 91.1 Å². The Balaban J connectivity index is -0.000000252. The normalized spacial score (nSPS) is 12.0. The first-order valence-corrected chi connectivity index (χ1v) is 18.5. The Morgan fingerprint density at radius 3 is 1.66 bits per heavy atom. The van der Waals surface area contributed by atoms with E-state index in [1.165, 1.54) is 59.9 Å². The quantitative estimate of drug-likeness (QED) is 0.272. The first-order valence-electron chi connectivity index (χ1n) is 18.5. The van der Waals surface area contributed by atoms with Crippen LogP contribution in [0.2, 0.25) is 0 Å². The number of benzene rings is 2. The summed E-state index contributed by atoms with van der Waals surface area (Å²) in [5, 5.41) is 0. The lowest BCUT2D eigenvalue weighted by atomic mass is 9.91. The molecule has 0 N–H and O–H groups in total. The minimum absolute atomic E-state index is 0.709. The fraction of sp³-hybridized carbons (Fsp3) is 0.522. The molecule has 0 radical (unpaired) electrons. The smallest absolute Gasteiger partial charge is 0.122 e. The van der Waals surface area contributed by atoms with E-state index in [4.69, 9.17) is 4.74 Å². The standard InChI is InChI=1S/C12H16O.C11H14.C10H16.C7H14.3C2H6/c1-5-13-12-8-11(9(2)3)7-6-10(12)4;1-4-10-7-5-6-8-11(10)9(2)3;1-6-9(4)10(5)7-8(2)3;1-7-5-3-2-4-6-7;3*1-2/h6-8H,2,5H2,1,3-4H3;5-8H,2,4H2,1,3H3;6-7H,2H2,1,3-5H3;7H,2-6H2,1H3;3*1-2H3/b;;9-6-,10-7-;;;;. The highest BCUT2D eigenvalue weighted by Crippen LogP contribution is 2.23. The van der Waals surface area contributed by atoms with Gasteiger partial charge in [-0.3, -0.25) is 0 Å². The lowest BCUT2D eigenvalue weighted by Crippen LogP contribution is -1.99. The van der Waals surface area contributed by atoms with Crippen molar-refractivity contribution in [2.45, 2.75) is 149 Å². The van der Waals surface area contributed by atoms with E-state index in [2.05, 4.69) is 103 Å². The highest BCUT2D eigenvalue weighted by atomic mass is 16.5. The predicted molar refractivity (Wildman–Crippen MR) is 222 cm³/mol. The molecule has 1 heteroatoms. The molecule has 0 unspecified atom stereocenters. The van der Waals surface area contributed by atoms with Gasteiger partial charge in [0.15, 0.2) is 0 Å². The van der Waals surface area contributed by atoms with E-state index in [0.29, 0.717) is 6.61 Å². The number of aryl methyl sites for hydroxylation is 2. The van der Waals surface area contributed by atoms with Crippen molar-refractivity contribution >= 4 is 11.1 Å². The van der Waals surface area contributed by atoms with Gasteiger partial charge >= 0.3 is 0 Å². The van der Waals surface area contributed by atoms with Crippen LogP contribution in [0, 0.1) is 12.8 Å². The first-order chi connectivity index (χ1) is 22.4. The SMILES string of the molecule is C=C(C)/C=C(C)\C(C)=C/C.C=C(C)c1ccc(C)c(OCC)c1.C=C(C)c1ccccc1CC.CC.CC.CC.CC1CCCCC1. The van der Waals surface area contributed by atoms with E-state index in [1.54, 1.807) is 0 Å². The van der Waals surface area contributed by atoms with Gasteiger partial charge in [-0.1, -0.05) is 178 Å². The molecule has 1 aliphatic carbocycles. The Hall–Kier alpha value is -3.06. The zero-order chi connectivity index (χ0) is 37.4. The molecule has 1 aliphatic rings. The summed E-state index contributed by atoms with van der Waals surface area (Å²) in [5.74, 6) is 2.00. The van der Waals surface area contributed by atoms with Gasteiger partial charge in [0.2, 0.25) is 0 Å². The molecule has 3 rings (SSSR count). The van der Waals surface area contributed by atoms with Crippen LogP contribution in [0.4, 0.5) is 0 Å². The minimum Gasteiger partial charge on any atom is -0.494 e. The summed E-state index contributed by atoms with van der Waals surface area (Å²) in [6.07, 6.45) is 12.7. The van der Waals surface area contributed by atoms with Crippen molar-refractivity contribution in [3.8, 4) is 5.75 Å². The number of rotatable bonds is 7. The van der Waals surface area contributed by atoms with Gasteiger partial charge in [0, 0.05) is 0 Å². The molecule has 1 fully saturated rings. The summed E-state index contributed by atoms with van der Waals surface area (Å²) >= 11 is 0. The van der Waals surface area contributed by atoms with Crippen LogP contribution in [0.5, 0.6) is 5.75 Å². The third-order valence-electron chi connectivity index (χ3n) is 7.25. The molecule has 268 valence electrons. The molecule has 1 nitrogen and oxygen atoms in total. The van der Waals surface area contributed by atoms with E-state index >= 15 is 0 Å². The highest BCUT2D eigenvalue weighted by molar-refractivity contribution is 5.64. The van der Waals surface area contributed by atoms with E-state index in [1.807, 2.05) is 82.2 Å². The van der Waals surface area contributed by atoms with Crippen LogP contribution in [-0.2, 0) is 6.42 Å². The van der Waals surface area contributed by atoms with Crippen molar-refractivity contribution in [3.05, 3.63) is 113 Å². The Morgan fingerprint density at radius 1 is 0.766 bits per heavy atom. The van der Waals surface area contributed by atoms with Gasteiger partial charge < -0.3 is 4.74 Å². The van der Waals surface area contributed by atoms with Crippen molar-refractivity contribution < 1.29 is 4.74 Å². The second kappa shape index (κ2) is 34.3. The average molecular weight is 647 g/mol. The van der Waals surface area contributed by atoms with E-state index in [0.717, 1.165) is 40.4 Å². The Labute approximate surface area is 296 Å². The molecule has 0 heterocycles. The Bertz CT molecular complexity index is 1140. The number of allylic oxidation sites excluding steroid dienone is 7. The van der Waals surface area contributed by atoms with Gasteiger partial charge in [0.1, 0.15) is 5.75 Å². The fourth-order valence-corrected chi connectivity index (χ4v) is 4.44. The van der Waals surface area contributed by atoms with E-state index < -0.39 is 0 Å². The Morgan fingerprint density at radius 2 is 1.30 bits per heavy atom. The van der Waals surface area contributed by atoms with Crippen LogP contribution >= 0.6 is 0 Å². The van der Waals surface area contributed by atoms with Crippen LogP contribution in [0.25, 0.3) is 11.1 Å². The summed E-state index contributed by atoms with van der Waals surface area (Å²) in [6, 6.07) is 14.6. The predicted octanol–water partition coefficient (Wildman–Crippen LogP) is 15.8. The number of hydrogen-bond donors (Lipinski definition) is 0. The topological polar surface area (TPSA) is 9.23 Å². The lowest BCUT2D eigenvalue weighted by molar-refractivity contribution is 0.338. The van der Waals surface area contributed by atoms with Crippen LogP contribution in [-0.4, -0.2) is 6.61 Å².